The fourth-order valence-electron chi connectivity index (χ4n) is 3.58. The Balaban J connectivity index is 1.24. The highest BCUT2D eigenvalue weighted by Crippen LogP contribution is 2.32. The molecular formula is C23H23N3O5. The van der Waals surface area contributed by atoms with E-state index in [1.807, 2.05) is 41.3 Å². The maximum atomic E-state index is 12.4. The van der Waals surface area contributed by atoms with E-state index in [9.17, 15) is 14.9 Å². The van der Waals surface area contributed by atoms with Crippen molar-refractivity contribution in [1.29, 1.82) is 0 Å². The second-order valence-electron chi connectivity index (χ2n) is 7.36. The van der Waals surface area contributed by atoms with Crippen LogP contribution in [0.1, 0.15) is 11.1 Å². The highest BCUT2D eigenvalue weighted by Gasteiger charge is 2.20. The Morgan fingerprint density at radius 1 is 1.03 bits per heavy atom. The number of non-ortho nitro benzene ring substituents is 1. The monoisotopic (exact) mass is 421 g/mol. The van der Waals surface area contributed by atoms with Crippen LogP contribution in [0.2, 0.25) is 0 Å². The fourth-order valence-corrected chi connectivity index (χ4v) is 3.58. The first-order valence-corrected chi connectivity index (χ1v) is 10.1. The van der Waals surface area contributed by atoms with Gasteiger partial charge in [0.1, 0.15) is 0 Å². The Kier molecular flexibility index (Phi) is 6.28. The fraction of sp³-hybridized carbons (Fsp3) is 0.261. The number of fused-ring (bicyclic) bond motifs is 1. The van der Waals surface area contributed by atoms with Crippen LogP contribution in [0.5, 0.6) is 11.5 Å². The summed E-state index contributed by atoms with van der Waals surface area (Å²) in [5.41, 5.74) is 1.98. The maximum Gasteiger partial charge on any atom is 0.269 e. The van der Waals surface area contributed by atoms with Crippen molar-refractivity contribution in [2.24, 2.45) is 0 Å². The molecule has 0 atom stereocenters. The van der Waals surface area contributed by atoms with Crippen LogP contribution in [0, 0.1) is 10.1 Å². The van der Waals surface area contributed by atoms with E-state index < -0.39 is 0 Å². The van der Waals surface area contributed by atoms with E-state index in [2.05, 4.69) is 4.90 Å². The molecule has 1 amide bonds. The molecule has 0 unspecified atom stereocenters. The average molecular weight is 421 g/mol. The van der Waals surface area contributed by atoms with Crippen LogP contribution >= 0.6 is 0 Å². The second-order valence-corrected chi connectivity index (χ2v) is 7.36. The molecule has 4 rings (SSSR count). The molecule has 1 fully saturated rings. The first kappa shape index (κ1) is 20.6. The summed E-state index contributed by atoms with van der Waals surface area (Å²) in [4.78, 5) is 27.0. The van der Waals surface area contributed by atoms with Crippen LogP contribution in [0.4, 0.5) is 5.69 Å². The number of benzene rings is 2. The van der Waals surface area contributed by atoms with Crippen molar-refractivity contribution in [2.45, 2.75) is 6.54 Å². The van der Waals surface area contributed by atoms with Crippen LogP contribution in [-0.2, 0) is 11.3 Å². The number of hydrogen-bond acceptors (Lipinski definition) is 6. The van der Waals surface area contributed by atoms with Gasteiger partial charge in [0, 0.05) is 50.9 Å². The van der Waals surface area contributed by atoms with Gasteiger partial charge < -0.3 is 14.4 Å². The number of carbonyl (C=O) groups is 1. The minimum atomic E-state index is -0.382. The van der Waals surface area contributed by atoms with Crippen molar-refractivity contribution in [1.82, 2.24) is 9.80 Å². The Hall–Kier alpha value is -3.65. The van der Waals surface area contributed by atoms with E-state index in [1.165, 1.54) is 6.07 Å². The molecule has 0 spiro atoms. The van der Waals surface area contributed by atoms with Crippen molar-refractivity contribution >= 4 is 17.7 Å². The molecule has 0 N–H and O–H groups in total. The lowest BCUT2D eigenvalue weighted by molar-refractivity contribution is -0.384. The highest BCUT2D eigenvalue weighted by atomic mass is 16.7. The molecule has 0 aliphatic carbocycles. The Morgan fingerprint density at radius 2 is 1.84 bits per heavy atom. The van der Waals surface area contributed by atoms with Crippen molar-refractivity contribution in [2.75, 3.05) is 33.0 Å². The third kappa shape index (κ3) is 5.29. The van der Waals surface area contributed by atoms with Gasteiger partial charge in [0.15, 0.2) is 11.5 Å². The van der Waals surface area contributed by atoms with Crippen LogP contribution in [0.3, 0.4) is 0 Å². The van der Waals surface area contributed by atoms with Gasteiger partial charge >= 0.3 is 0 Å². The number of allylic oxidation sites excluding steroid dienone is 2. The normalized spacial score (nSPS) is 16.3. The van der Waals surface area contributed by atoms with Gasteiger partial charge in [0.05, 0.1) is 4.92 Å². The summed E-state index contributed by atoms with van der Waals surface area (Å²) in [5, 5.41) is 10.9. The first-order valence-electron chi connectivity index (χ1n) is 10.1. The van der Waals surface area contributed by atoms with E-state index in [0.717, 1.165) is 35.7 Å². The molecule has 0 saturated carbocycles. The highest BCUT2D eigenvalue weighted by molar-refractivity contribution is 5.88. The van der Waals surface area contributed by atoms with Crippen molar-refractivity contribution in [3.8, 4) is 11.5 Å². The number of nitro benzene ring substituents is 1. The van der Waals surface area contributed by atoms with Gasteiger partial charge in [-0.15, -0.1) is 0 Å². The van der Waals surface area contributed by atoms with Gasteiger partial charge in [-0.05, 0) is 23.3 Å². The molecule has 160 valence electrons. The van der Waals surface area contributed by atoms with Crippen LogP contribution in [0.15, 0.2) is 60.7 Å². The Labute approximate surface area is 180 Å². The van der Waals surface area contributed by atoms with Crippen molar-refractivity contribution in [3.05, 3.63) is 81.9 Å². The van der Waals surface area contributed by atoms with Gasteiger partial charge in [0.2, 0.25) is 12.7 Å². The van der Waals surface area contributed by atoms with Gasteiger partial charge in [-0.1, -0.05) is 36.4 Å². The maximum absolute atomic E-state index is 12.4. The Morgan fingerprint density at radius 3 is 2.65 bits per heavy atom. The summed E-state index contributed by atoms with van der Waals surface area (Å²) in [6.07, 6.45) is 7.04. The van der Waals surface area contributed by atoms with Gasteiger partial charge in [-0.25, -0.2) is 0 Å². The molecule has 0 aromatic heterocycles. The number of nitrogens with zero attached hydrogens (tertiary/aromatic N) is 3. The lowest BCUT2D eigenvalue weighted by atomic mass is 10.1. The number of rotatable bonds is 6. The zero-order chi connectivity index (χ0) is 21.6. The largest absolute Gasteiger partial charge is 0.454 e. The zero-order valence-electron chi connectivity index (χ0n) is 17.0. The van der Waals surface area contributed by atoms with Crippen LogP contribution < -0.4 is 9.47 Å². The summed E-state index contributed by atoms with van der Waals surface area (Å²) >= 11 is 0. The summed E-state index contributed by atoms with van der Waals surface area (Å²) < 4.78 is 10.6. The lowest BCUT2D eigenvalue weighted by Crippen LogP contribution is -2.47. The molecule has 31 heavy (non-hydrogen) atoms. The number of piperazine rings is 1. The smallest absolute Gasteiger partial charge is 0.269 e. The number of carbonyl (C=O) groups excluding carboxylic acids is 1. The standard InChI is InChI=1S/C23H23N3O5/c27-23(7-2-1-4-18-8-9-21-22(15-18)31-17-30-21)25-12-10-24(11-13-25)16-19-5-3-6-20(14-19)26(28)29/h1-9,14-15H,10-13,16-17H2/b4-1+,7-2+. The predicted molar refractivity (Wildman–Crippen MR) is 116 cm³/mol. The van der Waals surface area contributed by atoms with Crippen molar-refractivity contribution < 1.29 is 19.2 Å². The molecule has 0 radical (unpaired) electrons. The molecule has 8 nitrogen and oxygen atoms in total. The third-order valence-corrected chi connectivity index (χ3v) is 5.25. The second kappa shape index (κ2) is 9.44. The molecule has 1 saturated heterocycles. The van der Waals surface area contributed by atoms with Crippen LogP contribution in [0.25, 0.3) is 6.08 Å². The molecule has 8 heteroatoms. The number of amides is 1. The topological polar surface area (TPSA) is 85.2 Å². The molecule has 0 bridgehead atoms. The van der Waals surface area contributed by atoms with E-state index in [4.69, 9.17) is 9.47 Å². The first-order chi connectivity index (χ1) is 15.1. The molecule has 2 aliphatic rings. The number of hydrogen-bond donors (Lipinski definition) is 0. The third-order valence-electron chi connectivity index (χ3n) is 5.25. The molecule has 2 aliphatic heterocycles. The Bertz CT molecular complexity index is 1030. The molecule has 2 aromatic carbocycles. The van der Waals surface area contributed by atoms with Gasteiger partial charge in [-0.3, -0.25) is 19.8 Å². The quantitative estimate of drug-likeness (QED) is 0.308. The minimum Gasteiger partial charge on any atom is -0.454 e. The summed E-state index contributed by atoms with van der Waals surface area (Å²) in [6.45, 7) is 3.60. The van der Waals surface area contributed by atoms with E-state index in [1.54, 1.807) is 24.3 Å². The number of ether oxygens (including phenoxy) is 2. The average Bonchev–Trinajstić information content (AvgIpc) is 3.25. The molecule has 2 aromatic rings. The van der Waals surface area contributed by atoms with Crippen molar-refractivity contribution in [3.63, 3.8) is 0 Å². The van der Waals surface area contributed by atoms with Gasteiger partial charge in [0.25, 0.3) is 5.69 Å². The van der Waals surface area contributed by atoms with E-state index >= 15 is 0 Å². The molecule has 2 heterocycles. The number of nitro groups is 1. The van der Waals surface area contributed by atoms with Gasteiger partial charge in [-0.2, -0.15) is 0 Å². The summed E-state index contributed by atoms with van der Waals surface area (Å²) in [5.74, 6) is 1.45. The lowest BCUT2D eigenvalue weighted by Gasteiger charge is -2.34. The van der Waals surface area contributed by atoms with Crippen LogP contribution in [-0.4, -0.2) is 53.6 Å². The minimum absolute atomic E-state index is 0.0228. The van der Waals surface area contributed by atoms with E-state index in [0.29, 0.717) is 19.6 Å². The summed E-state index contributed by atoms with van der Waals surface area (Å²) in [6, 6.07) is 12.4. The predicted octanol–water partition coefficient (Wildman–Crippen LogP) is 3.24. The summed E-state index contributed by atoms with van der Waals surface area (Å²) in [7, 11) is 0. The molecular weight excluding hydrogens is 398 g/mol. The zero-order valence-corrected chi connectivity index (χ0v) is 17.0. The SMILES string of the molecule is O=C(/C=C/C=C/c1ccc2c(c1)OCO2)N1CCN(Cc2cccc([N+](=O)[O-])c2)CC1. The van der Waals surface area contributed by atoms with E-state index in [-0.39, 0.29) is 23.3 Å².